The minimum Gasteiger partial charge on any atom is -0.309 e. The third-order valence-electron chi connectivity index (χ3n) is 2.55. The molecule has 0 heterocycles. The number of halogens is 1. The van der Waals surface area contributed by atoms with Crippen molar-refractivity contribution in [3.63, 3.8) is 0 Å². The van der Waals surface area contributed by atoms with E-state index in [0.29, 0.717) is 6.04 Å². The first-order valence-electron chi connectivity index (χ1n) is 5.95. The average Bonchev–Trinajstić information content (AvgIpc) is 2.35. The topological polar surface area (TPSA) is 12.0 Å². The molecule has 1 aromatic carbocycles. The normalized spacial score (nSPS) is 12.4. The van der Waals surface area contributed by atoms with Crippen LogP contribution in [0.1, 0.15) is 24.9 Å². The maximum absolute atomic E-state index is 5.89. The van der Waals surface area contributed by atoms with E-state index >= 15 is 0 Å². The fraction of sp³-hybridized carbons (Fsp3) is 0.429. The fourth-order valence-electron chi connectivity index (χ4n) is 1.66. The fourth-order valence-corrected chi connectivity index (χ4v) is 2.39. The summed E-state index contributed by atoms with van der Waals surface area (Å²) in [4.78, 5) is 0. The van der Waals surface area contributed by atoms with Gasteiger partial charge < -0.3 is 5.32 Å². The highest BCUT2D eigenvalue weighted by molar-refractivity contribution is 7.99. The Kier molecular flexibility index (Phi) is 7.41. The molecule has 0 spiro atoms. The lowest BCUT2D eigenvalue weighted by Gasteiger charge is -2.17. The molecule has 1 rings (SSSR count). The maximum atomic E-state index is 5.89. The van der Waals surface area contributed by atoms with Crippen LogP contribution in [-0.4, -0.2) is 18.1 Å². The van der Waals surface area contributed by atoms with Gasteiger partial charge in [-0.15, -0.1) is 6.58 Å². The second-order valence-corrected chi connectivity index (χ2v) is 5.42. The zero-order chi connectivity index (χ0) is 12.5. The first-order valence-corrected chi connectivity index (χ1v) is 7.48. The van der Waals surface area contributed by atoms with Crippen LogP contribution in [0.3, 0.4) is 0 Å². The van der Waals surface area contributed by atoms with Gasteiger partial charge in [0.05, 0.1) is 0 Å². The maximum Gasteiger partial charge on any atom is 0.0406 e. The van der Waals surface area contributed by atoms with Gasteiger partial charge in [0, 0.05) is 29.1 Å². The smallest absolute Gasteiger partial charge is 0.0406 e. The Hall–Kier alpha value is -0.440. The van der Waals surface area contributed by atoms with Gasteiger partial charge >= 0.3 is 0 Å². The number of hydrogen-bond donors (Lipinski definition) is 1. The lowest BCUT2D eigenvalue weighted by molar-refractivity contribution is 0.540. The van der Waals surface area contributed by atoms with E-state index in [1.807, 2.05) is 30.0 Å². The molecule has 1 unspecified atom stereocenters. The van der Waals surface area contributed by atoms with E-state index in [4.69, 9.17) is 11.6 Å². The molecule has 94 valence electrons. The molecule has 1 atom stereocenters. The van der Waals surface area contributed by atoms with Gasteiger partial charge in [0.2, 0.25) is 0 Å². The van der Waals surface area contributed by atoms with Crippen LogP contribution in [0.4, 0.5) is 0 Å². The van der Waals surface area contributed by atoms with Crippen molar-refractivity contribution in [3.05, 3.63) is 47.5 Å². The molecular formula is C14H20ClNS. The molecule has 0 fully saturated rings. The van der Waals surface area contributed by atoms with Crippen molar-refractivity contribution in [2.45, 2.75) is 19.4 Å². The lowest BCUT2D eigenvalue weighted by atomic mass is 10.1. The molecule has 0 aliphatic heterocycles. The molecule has 17 heavy (non-hydrogen) atoms. The molecule has 1 N–H and O–H groups in total. The Morgan fingerprint density at radius 1 is 1.41 bits per heavy atom. The lowest BCUT2D eigenvalue weighted by Crippen LogP contribution is -2.23. The van der Waals surface area contributed by atoms with Crippen molar-refractivity contribution in [1.29, 1.82) is 0 Å². The molecule has 0 radical (unpaired) electrons. The summed E-state index contributed by atoms with van der Waals surface area (Å²) in [5, 5.41) is 4.36. The van der Waals surface area contributed by atoms with E-state index in [-0.39, 0.29) is 0 Å². The van der Waals surface area contributed by atoms with Crippen LogP contribution in [0, 0.1) is 0 Å². The number of thioether (sulfide) groups is 1. The highest BCUT2D eigenvalue weighted by atomic mass is 35.5. The number of hydrogen-bond acceptors (Lipinski definition) is 2. The van der Waals surface area contributed by atoms with Crippen molar-refractivity contribution < 1.29 is 0 Å². The quantitative estimate of drug-likeness (QED) is 0.558. The van der Waals surface area contributed by atoms with E-state index in [2.05, 4.69) is 31.0 Å². The first kappa shape index (κ1) is 14.6. The summed E-state index contributed by atoms with van der Waals surface area (Å²) < 4.78 is 0. The van der Waals surface area contributed by atoms with E-state index in [1.54, 1.807) is 0 Å². The molecule has 0 saturated heterocycles. The minimum atomic E-state index is 0.427. The van der Waals surface area contributed by atoms with Crippen LogP contribution < -0.4 is 5.32 Å². The molecule has 3 heteroatoms. The van der Waals surface area contributed by atoms with Crippen LogP contribution >= 0.6 is 23.4 Å². The molecule has 0 bridgehead atoms. The highest BCUT2D eigenvalue weighted by Gasteiger charge is 2.07. The van der Waals surface area contributed by atoms with Crippen molar-refractivity contribution in [3.8, 4) is 0 Å². The predicted octanol–water partition coefficient (Wildman–Crippen LogP) is 4.30. The Morgan fingerprint density at radius 2 is 2.12 bits per heavy atom. The number of benzene rings is 1. The number of rotatable bonds is 8. The second-order valence-electron chi connectivity index (χ2n) is 3.83. The van der Waals surface area contributed by atoms with Gasteiger partial charge in [-0.2, -0.15) is 11.8 Å². The van der Waals surface area contributed by atoms with Crippen LogP contribution in [0.2, 0.25) is 5.02 Å². The second kappa shape index (κ2) is 8.62. The van der Waals surface area contributed by atoms with Crippen LogP contribution in [-0.2, 0) is 0 Å². The molecule has 0 saturated carbocycles. The zero-order valence-corrected chi connectivity index (χ0v) is 11.9. The highest BCUT2D eigenvalue weighted by Crippen LogP contribution is 2.19. The monoisotopic (exact) mass is 269 g/mol. The van der Waals surface area contributed by atoms with Crippen molar-refractivity contribution in [2.75, 3.05) is 18.1 Å². The predicted molar refractivity (Wildman–Crippen MR) is 80.0 cm³/mol. The van der Waals surface area contributed by atoms with E-state index in [1.165, 1.54) is 5.56 Å². The van der Waals surface area contributed by atoms with Crippen LogP contribution in [0.5, 0.6) is 0 Å². The third-order valence-corrected chi connectivity index (χ3v) is 3.77. The molecule has 1 nitrogen and oxygen atoms in total. The Bertz CT molecular complexity index is 323. The van der Waals surface area contributed by atoms with Crippen molar-refractivity contribution in [2.24, 2.45) is 0 Å². The van der Waals surface area contributed by atoms with Gasteiger partial charge in [0.15, 0.2) is 0 Å². The summed E-state index contributed by atoms with van der Waals surface area (Å²) in [6, 6.07) is 8.53. The average molecular weight is 270 g/mol. The Morgan fingerprint density at radius 3 is 2.71 bits per heavy atom. The van der Waals surface area contributed by atoms with Crippen LogP contribution in [0.15, 0.2) is 36.9 Å². The Balaban J connectivity index is 2.37. The van der Waals surface area contributed by atoms with E-state index in [9.17, 15) is 0 Å². The van der Waals surface area contributed by atoms with Crippen molar-refractivity contribution >= 4 is 23.4 Å². The van der Waals surface area contributed by atoms with Gasteiger partial charge in [0.1, 0.15) is 0 Å². The number of nitrogens with one attached hydrogen (secondary N) is 1. The van der Waals surface area contributed by atoms with Crippen molar-refractivity contribution in [1.82, 2.24) is 5.32 Å². The minimum absolute atomic E-state index is 0.427. The molecule has 0 aromatic heterocycles. The Labute approximate surface area is 114 Å². The molecule has 1 aromatic rings. The van der Waals surface area contributed by atoms with Crippen LogP contribution in [0.25, 0.3) is 0 Å². The van der Waals surface area contributed by atoms with E-state index < -0.39 is 0 Å². The summed E-state index contributed by atoms with van der Waals surface area (Å²) in [5.41, 5.74) is 1.31. The summed E-state index contributed by atoms with van der Waals surface area (Å²) >= 11 is 7.79. The van der Waals surface area contributed by atoms with Gasteiger partial charge in [-0.3, -0.25) is 0 Å². The van der Waals surface area contributed by atoms with Gasteiger partial charge in [0.25, 0.3) is 0 Å². The molecule has 0 aliphatic carbocycles. The summed E-state index contributed by atoms with van der Waals surface area (Å²) in [5.74, 6) is 2.15. The molecule has 0 amide bonds. The third kappa shape index (κ3) is 5.62. The standard InChI is InChI=1S/C14H20ClNS/c1-3-10-17-11-9-16-14(4-2)12-5-7-13(15)8-6-12/h3,5-8,14,16H,1,4,9-11H2,2H3. The summed E-state index contributed by atoms with van der Waals surface area (Å²) in [6.45, 7) is 6.94. The van der Waals surface area contributed by atoms with Gasteiger partial charge in [-0.25, -0.2) is 0 Å². The zero-order valence-electron chi connectivity index (χ0n) is 10.3. The summed E-state index contributed by atoms with van der Waals surface area (Å²) in [7, 11) is 0. The SMILES string of the molecule is C=CCSCCNC(CC)c1ccc(Cl)cc1. The first-order chi connectivity index (χ1) is 8.27. The molecule has 0 aliphatic rings. The van der Waals surface area contributed by atoms with Gasteiger partial charge in [-0.1, -0.05) is 36.7 Å². The largest absolute Gasteiger partial charge is 0.309 e. The molecular weight excluding hydrogens is 250 g/mol. The summed E-state index contributed by atoms with van der Waals surface area (Å²) in [6.07, 6.45) is 3.04. The van der Waals surface area contributed by atoms with Gasteiger partial charge in [-0.05, 0) is 24.1 Å². The van der Waals surface area contributed by atoms with E-state index in [0.717, 1.165) is 29.5 Å².